The Labute approximate surface area is 75.4 Å². The molecule has 0 spiro atoms. The first-order chi connectivity index (χ1) is 6.18. The van der Waals surface area contributed by atoms with Crippen molar-refractivity contribution in [2.45, 2.75) is 0 Å². The molecule has 1 atom stereocenters. The predicted octanol–water partition coefficient (Wildman–Crippen LogP) is 2.46. The monoisotopic (exact) mass is 201 g/mol. The van der Waals surface area contributed by atoms with Crippen LogP contribution in [0.25, 0.3) is 6.08 Å². The smallest absolute Gasteiger partial charge is 0.237 e. The van der Waals surface area contributed by atoms with Gasteiger partial charge in [-0.3, -0.25) is 0 Å². The van der Waals surface area contributed by atoms with Gasteiger partial charge in [0.15, 0.2) is 6.26 Å². The Bertz CT molecular complexity index is 321. The summed E-state index contributed by atoms with van der Waals surface area (Å²) in [5, 5.41) is 0. The predicted molar refractivity (Wildman–Crippen MR) is 46.3 cm³/mol. The fourth-order valence-corrected chi connectivity index (χ4v) is 0.900. The van der Waals surface area contributed by atoms with Gasteiger partial charge < -0.3 is 0 Å². The van der Waals surface area contributed by atoms with Crippen molar-refractivity contribution in [1.82, 2.24) is 0 Å². The average Bonchev–Trinajstić information content (AvgIpc) is 2.08. The van der Waals surface area contributed by atoms with Crippen molar-refractivity contribution in [3.63, 3.8) is 0 Å². The molecule has 0 fully saturated rings. The minimum Gasteiger partial charge on any atom is -0.237 e. The molecule has 1 aromatic carbocycles. The summed E-state index contributed by atoms with van der Waals surface area (Å²) in [5.41, 5.74) is 0.693. The third-order valence-electron chi connectivity index (χ3n) is 1.28. The van der Waals surface area contributed by atoms with E-state index in [1.165, 1.54) is 30.3 Å². The Morgan fingerprint density at radius 3 is 2.54 bits per heavy atom. The van der Waals surface area contributed by atoms with E-state index in [4.69, 9.17) is 4.89 Å². The van der Waals surface area contributed by atoms with Crippen LogP contribution >= 0.6 is 8.25 Å². The lowest BCUT2D eigenvalue weighted by molar-refractivity contribution is 0.379. The van der Waals surface area contributed by atoms with E-state index in [0.717, 1.165) is 6.26 Å². The summed E-state index contributed by atoms with van der Waals surface area (Å²) in [5.74, 6) is -0.327. The molecule has 1 N–H and O–H groups in total. The van der Waals surface area contributed by atoms with Gasteiger partial charge in [-0.15, -0.1) is 4.89 Å². The zero-order valence-electron chi connectivity index (χ0n) is 6.55. The second-order valence-corrected chi connectivity index (χ2v) is 2.88. The lowest BCUT2D eigenvalue weighted by Gasteiger charge is -1.89. The Morgan fingerprint density at radius 2 is 2.00 bits per heavy atom. The second-order valence-electron chi connectivity index (χ2n) is 2.20. The molecule has 0 aliphatic heterocycles. The number of hydrogen-bond donors (Lipinski definition) is 1. The van der Waals surface area contributed by atoms with Crippen LogP contribution in [-0.2, 0) is 9.09 Å². The van der Waals surface area contributed by atoms with E-state index < -0.39 is 8.25 Å². The zero-order valence-corrected chi connectivity index (χ0v) is 7.45. The molecule has 3 nitrogen and oxygen atoms in total. The first-order valence-corrected chi connectivity index (χ1v) is 4.56. The maximum Gasteiger partial charge on any atom is 0.746 e. The molecule has 0 bridgehead atoms. The summed E-state index contributed by atoms with van der Waals surface area (Å²) < 4.78 is 26.7. The van der Waals surface area contributed by atoms with Crippen molar-refractivity contribution in [3.05, 3.63) is 41.9 Å². The summed E-state index contributed by atoms with van der Waals surface area (Å²) >= 11 is 0. The van der Waals surface area contributed by atoms with Gasteiger partial charge in [-0.25, -0.2) is 8.91 Å². The molecule has 0 heterocycles. The van der Waals surface area contributed by atoms with Crippen LogP contribution in [0.5, 0.6) is 0 Å². The van der Waals surface area contributed by atoms with Crippen LogP contribution in [-0.4, -0.2) is 4.89 Å². The Hall–Kier alpha value is -1.25. The summed E-state index contributed by atoms with van der Waals surface area (Å²) in [4.78, 5) is 8.25. The molecule has 0 amide bonds. The molecule has 0 saturated carbocycles. The van der Waals surface area contributed by atoms with Crippen LogP contribution < -0.4 is 0 Å². The van der Waals surface area contributed by atoms with Gasteiger partial charge in [0.05, 0.1) is 0 Å². The zero-order chi connectivity index (χ0) is 9.68. The van der Waals surface area contributed by atoms with E-state index in [0.29, 0.717) is 5.56 Å². The minimum atomic E-state index is -2.61. The molecule has 0 radical (unpaired) electrons. The molecule has 68 valence electrons. The second kappa shape index (κ2) is 4.70. The van der Waals surface area contributed by atoms with Crippen LogP contribution in [0.3, 0.4) is 0 Å². The highest BCUT2D eigenvalue weighted by atomic mass is 31.1. The van der Waals surface area contributed by atoms with E-state index >= 15 is 0 Å². The van der Waals surface area contributed by atoms with Gasteiger partial charge >= 0.3 is 8.25 Å². The normalized spacial score (nSPS) is 11.7. The fourth-order valence-electron chi connectivity index (χ4n) is 0.735. The number of benzene rings is 1. The molecule has 0 aromatic heterocycles. The Morgan fingerprint density at radius 1 is 1.38 bits per heavy atom. The maximum atomic E-state index is 12.4. The van der Waals surface area contributed by atoms with Crippen LogP contribution in [0.4, 0.5) is 4.39 Å². The van der Waals surface area contributed by atoms with E-state index in [2.05, 4.69) is 4.52 Å². The highest BCUT2D eigenvalue weighted by Gasteiger charge is 2.06. The van der Waals surface area contributed by atoms with Crippen LogP contribution in [0, 0.1) is 5.82 Å². The SMILES string of the molecule is O=[P+](O)OC=Cc1ccc(F)cc1. The highest BCUT2D eigenvalue weighted by molar-refractivity contribution is 7.32. The molecule has 5 heteroatoms. The number of hydrogen-bond acceptors (Lipinski definition) is 2. The molecule has 1 rings (SSSR count). The third kappa shape index (κ3) is 3.78. The average molecular weight is 201 g/mol. The summed E-state index contributed by atoms with van der Waals surface area (Å²) in [6.07, 6.45) is 2.55. The Kier molecular flexibility index (Phi) is 3.55. The summed E-state index contributed by atoms with van der Waals surface area (Å²) in [6, 6.07) is 5.64. The van der Waals surface area contributed by atoms with E-state index in [-0.39, 0.29) is 5.82 Å². The fraction of sp³-hybridized carbons (Fsp3) is 0. The highest BCUT2D eigenvalue weighted by Crippen LogP contribution is 2.15. The summed E-state index contributed by atoms with van der Waals surface area (Å²) in [7, 11) is -2.61. The van der Waals surface area contributed by atoms with Crippen molar-refractivity contribution in [3.8, 4) is 0 Å². The molecular weight excluding hydrogens is 194 g/mol. The standard InChI is InChI=1S/C8H6FO3P/c9-8-3-1-7(2-4-8)5-6-12-13(10)11/h1-6H/p+1. The van der Waals surface area contributed by atoms with Gasteiger partial charge in [-0.1, -0.05) is 12.1 Å². The maximum absolute atomic E-state index is 12.4. The first kappa shape index (κ1) is 9.84. The van der Waals surface area contributed by atoms with Crippen LogP contribution in [0.2, 0.25) is 0 Å². The van der Waals surface area contributed by atoms with Crippen LogP contribution in [0.15, 0.2) is 30.5 Å². The molecule has 0 aliphatic carbocycles. The van der Waals surface area contributed by atoms with E-state index in [1.54, 1.807) is 0 Å². The van der Waals surface area contributed by atoms with Gasteiger partial charge in [0.25, 0.3) is 0 Å². The molecule has 1 aromatic rings. The minimum absolute atomic E-state index is 0.327. The van der Waals surface area contributed by atoms with Gasteiger partial charge in [0.2, 0.25) is 0 Å². The lowest BCUT2D eigenvalue weighted by atomic mass is 10.2. The largest absolute Gasteiger partial charge is 0.746 e. The number of halogens is 1. The van der Waals surface area contributed by atoms with Crippen LogP contribution in [0.1, 0.15) is 5.56 Å². The quantitative estimate of drug-likeness (QED) is 0.603. The summed E-state index contributed by atoms with van der Waals surface area (Å²) in [6.45, 7) is 0. The first-order valence-electron chi connectivity index (χ1n) is 3.43. The van der Waals surface area contributed by atoms with Crippen molar-refractivity contribution >= 4 is 14.3 Å². The van der Waals surface area contributed by atoms with Gasteiger partial charge in [-0.2, -0.15) is 0 Å². The third-order valence-corrected chi connectivity index (χ3v) is 1.58. The lowest BCUT2D eigenvalue weighted by Crippen LogP contribution is -1.74. The van der Waals surface area contributed by atoms with Crippen molar-refractivity contribution in [2.75, 3.05) is 0 Å². The van der Waals surface area contributed by atoms with E-state index in [1.807, 2.05) is 0 Å². The molecule has 0 aliphatic rings. The van der Waals surface area contributed by atoms with Gasteiger partial charge in [0.1, 0.15) is 5.82 Å². The molecular formula is C8H7FO3P+. The Balaban J connectivity index is 2.59. The molecule has 1 unspecified atom stereocenters. The van der Waals surface area contributed by atoms with Gasteiger partial charge in [-0.05, 0) is 23.8 Å². The molecule has 13 heavy (non-hydrogen) atoms. The topological polar surface area (TPSA) is 46.5 Å². The van der Waals surface area contributed by atoms with Crippen molar-refractivity contribution < 1.29 is 18.4 Å². The van der Waals surface area contributed by atoms with Crippen molar-refractivity contribution in [2.24, 2.45) is 0 Å². The number of rotatable bonds is 3. The molecule has 0 saturated heterocycles. The van der Waals surface area contributed by atoms with E-state index in [9.17, 15) is 8.96 Å². The van der Waals surface area contributed by atoms with Gasteiger partial charge in [0, 0.05) is 4.57 Å². The van der Waals surface area contributed by atoms with Crippen molar-refractivity contribution in [1.29, 1.82) is 0 Å².